The van der Waals surface area contributed by atoms with E-state index < -0.39 is 10.0 Å². The lowest BCUT2D eigenvalue weighted by Gasteiger charge is -2.27. The molecule has 0 unspecified atom stereocenters. The van der Waals surface area contributed by atoms with Crippen molar-refractivity contribution in [1.82, 2.24) is 0 Å². The molecule has 0 saturated heterocycles. The van der Waals surface area contributed by atoms with Gasteiger partial charge >= 0.3 is 0 Å². The summed E-state index contributed by atoms with van der Waals surface area (Å²) in [6.45, 7) is 4.76. The minimum absolute atomic E-state index is 0.0749. The van der Waals surface area contributed by atoms with Gasteiger partial charge in [0, 0.05) is 13.1 Å². The lowest BCUT2D eigenvalue weighted by Crippen LogP contribution is -2.33. The number of aryl methyl sites for hydroxylation is 1. The van der Waals surface area contributed by atoms with E-state index in [1.807, 2.05) is 36.9 Å². The first-order chi connectivity index (χ1) is 12.4. The Morgan fingerprint density at radius 3 is 2.62 bits per heavy atom. The smallest absolute Gasteiger partial charge is 0.264 e. The summed E-state index contributed by atoms with van der Waals surface area (Å²) in [5.74, 6) is -0.213. The first-order valence-electron chi connectivity index (χ1n) is 9.01. The summed E-state index contributed by atoms with van der Waals surface area (Å²) >= 11 is 0. The Balaban J connectivity index is 1.85. The number of rotatable bonds is 4. The SMILES string of the molecule is CCN(c1ccccc1)S(=O)(=O)c1cc2c3c(c1)[C@@H](C)C(=O)N3CCC2. The quantitative estimate of drug-likeness (QED) is 0.830. The van der Waals surface area contributed by atoms with Crippen molar-refractivity contribution in [2.75, 3.05) is 22.3 Å². The van der Waals surface area contributed by atoms with Gasteiger partial charge in [-0.05, 0) is 62.1 Å². The number of sulfonamides is 1. The zero-order chi connectivity index (χ0) is 18.5. The molecule has 1 atom stereocenters. The predicted octanol–water partition coefficient (Wildman–Crippen LogP) is 3.30. The Bertz CT molecular complexity index is 970. The van der Waals surface area contributed by atoms with Crippen LogP contribution in [0.5, 0.6) is 0 Å². The van der Waals surface area contributed by atoms with Crippen molar-refractivity contribution in [2.45, 2.75) is 37.5 Å². The molecule has 1 amide bonds. The lowest BCUT2D eigenvalue weighted by molar-refractivity contribution is -0.119. The van der Waals surface area contributed by atoms with E-state index >= 15 is 0 Å². The summed E-state index contributed by atoms with van der Waals surface area (Å²) in [6.07, 6.45) is 1.67. The number of anilines is 2. The molecule has 2 aromatic rings. The molecule has 2 aliphatic heterocycles. The summed E-state index contributed by atoms with van der Waals surface area (Å²) in [6, 6.07) is 12.6. The third-order valence-electron chi connectivity index (χ3n) is 5.31. The second-order valence-electron chi connectivity index (χ2n) is 6.84. The van der Waals surface area contributed by atoms with Crippen LogP contribution in [0, 0.1) is 0 Å². The fraction of sp³-hybridized carbons (Fsp3) is 0.350. The van der Waals surface area contributed by atoms with Gasteiger partial charge in [0.1, 0.15) is 0 Å². The van der Waals surface area contributed by atoms with E-state index in [-0.39, 0.29) is 16.7 Å². The van der Waals surface area contributed by atoms with Gasteiger partial charge in [-0.1, -0.05) is 18.2 Å². The van der Waals surface area contributed by atoms with Crippen molar-refractivity contribution in [2.24, 2.45) is 0 Å². The molecule has 0 radical (unpaired) electrons. The van der Waals surface area contributed by atoms with E-state index in [1.165, 1.54) is 4.31 Å². The van der Waals surface area contributed by atoms with Crippen LogP contribution in [-0.4, -0.2) is 27.4 Å². The molecule has 0 aromatic heterocycles. The number of hydrogen-bond acceptors (Lipinski definition) is 3. The fourth-order valence-corrected chi connectivity index (χ4v) is 5.59. The molecule has 0 aliphatic carbocycles. The first kappa shape index (κ1) is 17.1. The maximum atomic E-state index is 13.3. The van der Waals surface area contributed by atoms with Gasteiger partial charge in [-0.15, -0.1) is 0 Å². The van der Waals surface area contributed by atoms with Gasteiger partial charge in [0.2, 0.25) is 5.91 Å². The van der Waals surface area contributed by atoms with Crippen LogP contribution < -0.4 is 9.21 Å². The molecule has 26 heavy (non-hydrogen) atoms. The number of benzene rings is 2. The highest BCUT2D eigenvalue weighted by molar-refractivity contribution is 7.92. The molecule has 2 aromatic carbocycles. The van der Waals surface area contributed by atoms with Crippen LogP contribution in [0.15, 0.2) is 47.4 Å². The molecule has 4 rings (SSSR count). The monoisotopic (exact) mass is 370 g/mol. The van der Waals surface area contributed by atoms with E-state index in [0.29, 0.717) is 12.2 Å². The largest absolute Gasteiger partial charge is 0.311 e. The Morgan fingerprint density at radius 1 is 1.19 bits per heavy atom. The zero-order valence-corrected chi connectivity index (χ0v) is 15.8. The molecule has 0 bridgehead atoms. The molecule has 5 nitrogen and oxygen atoms in total. The van der Waals surface area contributed by atoms with Gasteiger partial charge in [-0.2, -0.15) is 0 Å². The number of hydrogen-bond donors (Lipinski definition) is 0. The van der Waals surface area contributed by atoms with Crippen LogP contribution in [0.1, 0.15) is 37.3 Å². The van der Waals surface area contributed by atoms with E-state index in [2.05, 4.69) is 0 Å². The van der Waals surface area contributed by atoms with E-state index in [4.69, 9.17) is 0 Å². The second kappa shape index (κ2) is 6.13. The normalized spacial score (nSPS) is 18.8. The summed E-state index contributed by atoms with van der Waals surface area (Å²) < 4.78 is 28.1. The molecule has 0 fully saturated rings. The minimum Gasteiger partial charge on any atom is -0.311 e. The molecule has 0 saturated carbocycles. The molecular formula is C20H22N2O3S. The Hall–Kier alpha value is -2.34. The van der Waals surface area contributed by atoms with E-state index in [1.54, 1.807) is 24.3 Å². The van der Waals surface area contributed by atoms with Crippen LogP contribution in [0.3, 0.4) is 0 Å². The lowest BCUT2D eigenvalue weighted by atomic mass is 9.97. The van der Waals surface area contributed by atoms with Gasteiger partial charge in [0.25, 0.3) is 10.0 Å². The molecule has 2 heterocycles. The number of carbonyl (C=O) groups excluding carboxylic acids is 1. The molecule has 136 valence electrons. The van der Waals surface area contributed by atoms with Gasteiger partial charge < -0.3 is 4.90 Å². The Labute approximate surface area is 154 Å². The van der Waals surface area contributed by atoms with Crippen molar-refractivity contribution in [3.05, 3.63) is 53.6 Å². The van der Waals surface area contributed by atoms with Crippen molar-refractivity contribution in [3.63, 3.8) is 0 Å². The average molecular weight is 370 g/mol. The Kier molecular flexibility index (Phi) is 4.03. The van der Waals surface area contributed by atoms with Gasteiger partial charge in [0.15, 0.2) is 0 Å². The van der Waals surface area contributed by atoms with Crippen molar-refractivity contribution >= 4 is 27.3 Å². The maximum Gasteiger partial charge on any atom is 0.264 e. The molecule has 0 N–H and O–H groups in total. The van der Waals surface area contributed by atoms with Crippen molar-refractivity contribution < 1.29 is 13.2 Å². The van der Waals surface area contributed by atoms with Gasteiger partial charge in [0.05, 0.1) is 22.2 Å². The van der Waals surface area contributed by atoms with Crippen molar-refractivity contribution in [3.8, 4) is 0 Å². The topological polar surface area (TPSA) is 57.7 Å². The van der Waals surface area contributed by atoms with Gasteiger partial charge in [-0.25, -0.2) is 8.42 Å². The van der Waals surface area contributed by atoms with Gasteiger partial charge in [-0.3, -0.25) is 9.10 Å². The van der Waals surface area contributed by atoms with Crippen LogP contribution in [0.4, 0.5) is 11.4 Å². The third-order valence-corrected chi connectivity index (χ3v) is 7.19. The van der Waals surface area contributed by atoms with E-state index in [9.17, 15) is 13.2 Å². The maximum absolute atomic E-state index is 13.3. The third kappa shape index (κ3) is 2.43. The molecular weight excluding hydrogens is 348 g/mol. The molecule has 2 aliphatic rings. The minimum atomic E-state index is -3.69. The highest BCUT2D eigenvalue weighted by Crippen LogP contribution is 2.44. The van der Waals surface area contributed by atoms with Crippen molar-refractivity contribution in [1.29, 1.82) is 0 Å². The summed E-state index contributed by atoms with van der Waals surface area (Å²) in [7, 11) is -3.69. The predicted molar refractivity (Wildman–Crippen MR) is 102 cm³/mol. The molecule has 0 spiro atoms. The highest BCUT2D eigenvalue weighted by atomic mass is 32.2. The average Bonchev–Trinajstić information content (AvgIpc) is 2.90. The summed E-state index contributed by atoms with van der Waals surface area (Å²) in [5.41, 5.74) is 3.40. The second-order valence-corrected chi connectivity index (χ2v) is 8.70. The highest BCUT2D eigenvalue weighted by Gasteiger charge is 2.39. The van der Waals surface area contributed by atoms with Crippen LogP contribution in [0.25, 0.3) is 0 Å². The number of carbonyl (C=O) groups is 1. The van der Waals surface area contributed by atoms with Crippen LogP contribution in [-0.2, 0) is 21.2 Å². The Morgan fingerprint density at radius 2 is 1.92 bits per heavy atom. The number of nitrogens with zero attached hydrogens (tertiary/aromatic N) is 2. The first-order valence-corrected chi connectivity index (χ1v) is 10.4. The van der Waals surface area contributed by atoms with Crippen LogP contribution >= 0.6 is 0 Å². The summed E-state index contributed by atoms with van der Waals surface area (Å²) in [5, 5.41) is 0. The zero-order valence-electron chi connectivity index (χ0n) is 15.0. The summed E-state index contributed by atoms with van der Waals surface area (Å²) in [4.78, 5) is 14.6. The number of amides is 1. The standard InChI is InChI=1S/C20H22N2O3S/c1-3-22(16-9-5-4-6-10-16)26(24,25)17-12-15-8-7-11-21-19(15)18(13-17)14(2)20(21)23/h4-6,9-10,12-14H,3,7-8,11H2,1-2H3/t14-/m1/s1. The fourth-order valence-electron chi connectivity index (χ4n) is 4.03. The van der Waals surface area contributed by atoms with Crippen LogP contribution in [0.2, 0.25) is 0 Å². The number of para-hydroxylation sites is 1. The molecule has 6 heteroatoms. The van der Waals surface area contributed by atoms with E-state index in [0.717, 1.165) is 36.2 Å².